The Labute approximate surface area is 157 Å². The van der Waals surface area contributed by atoms with Gasteiger partial charge in [0, 0.05) is 6.42 Å². The van der Waals surface area contributed by atoms with Crippen LogP contribution in [0.4, 0.5) is 0 Å². The van der Waals surface area contributed by atoms with E-state index in [0.29, 0.717) is 11.1 Å². The maximum absolute atomic E-state index is 11.3. The molecule has 7 nitrogen and oxygen atoms in total. The summed E-state index contributed by atoms with van der Waals surface area (Å²) in [5.41, 5.74) is 0.962. The molecule has 0 aromatic heterocycles. The van der Waals surface area contributed by atoms with Crippen molar-refractivity contribution in [2.24, 2.45) is 0 Å². The van der Waals surface area contributed by atoms with Crippen LogP contribution < -0.4 is 0 Å². The Balaban J connectivity index is 0.000000289. The number of hydrogen-bond donors (Lipinski definition) is 2. The van der Waals surface area contributed by atoms with Gasteiger partial charge in [-0.25, -0.2) is 14.4 Å². The van der Waals surface area contributed by atoms with Crippen LogP contribution in [-0.2, 0) is 14.3 Å². The Morgan fingerprint density at radius 3 is 1.70 bits per heavy atom. The molecular weight excluding hydrogens is 352 g/mol. The predicted molar refractivity (Wildman–Crippen MR) is 97.1 cm³/mol. The van der Waals surface area contributed by atoms with Crippen molar-refractivity contribution in [1.29, 1.82) is 0 Å². The summed E-state index contributed by atoms with van der Waals surface area (Å²) in [6, 6.07) is 17.2. The molecule has 0 amide bonds. The van der Waals surface area contributed by atoms with Crippen molar-refractivity contribution < 1.29 is 34.1 Å². The van der Waals surface area contributed by atoms with E-state index >= 15 is 0 Å². The zero-order valence-corrected chi connectivity index (χ0v) is 14.6. The minimum absolute atomic E-state index is 0.117. The second kappa shape index (κ2) is 12.2. The van der Waals surface area contributed by atoms with Gasteiger partial charge in [-0.1, -0.05) is 36.4 Å². The third kappa shape index (κ3) is 8.64. The van der Waals surface area contributed by atoms with E-state index in [0.717, 1.165) is 0 Å². The van der Waals surface area contributed by atoms with Gasteiger partial charge in [0.25, 0.3) is 0 Å². The molecule has 2 rings (SSSR count). The largest absolute Gasteiger partial charge is 0.479 e. The zero-order chi connectivity index (χ0) is 20.1. The van der Waals surface area contributed by atoms with Gasteiger partial charge in [0.15, 0.2) is 6.10 Å². The lowest BCUT2D eigenvalue weighted by Crippen LogP contribution is -2.22. The first-order valence-electron chi connectivity index (χ1n) is 8.10. The number of carboxylic acid groups (broad SMARTS) is 1. The number of esters is 2. The van der Waals surface area contributed by atoms with Crippen molar-refractivity contribution in [2.45, 2.75) is 12.5 Å². The van der Waals surface area contributed by atoms with Crippen LogP contribution in [0, 0.1) is 6.92 Å². The van der Waals surface area contributed by atoms with Crippen LogP contribution in [0.15, 0.2) is 60.7 Å². The molecule has 7 heteroatoms. The quantitative estimate of drug-likeness (QED) is 0.717. The van der Waals surface area contributed by atoms with Crippen LogP contribution in [0.2, 0.25) is 0 Å². The van der Waals surface area contributed by atoms with Crippen molar-refractivity contribution >= 4 is 17.9 Å². The standard InChI is InChI=1S/C11H12O5.C9H9O2/c12-9(10(13)14)6-7-16-11(15)8-4-2-1-3-5-8;1-2-11-9(10)8-6-4-3-5-7-8/h1-5,9,12H,6-7H2,(H,13,14);3-7H,1-2H2. The maximum atomic E-state index is 11.3. The Morgan fingerprint density at radius 1 is 0.852 bits per heavy atom. The molecule has 0 aliphatic heterocycles. The lowest BCUT2D eigenvalue weighted by molar-refractivity contribution is -0.147. The summed E-state index contributed by atoms with van der Waals surface area (Å²) in [5.74, 6) is -2.17. The fourth-order valence-electron chi connectivity index (χ4n) is 1.79. The third-order valence-electron chi connectivity index (χ3n) is 3.16. The number of aliphatic hydroxyl groups is 1. The van der Waals surface area contributed by atoms with Gasteiger partial charge >= 0.3 is 17.9 Å². The number of hydrogen-bond acceptors (Lipinski definition) is 6. The molecule has 1 unspecified atom stereocenters. The van der Waals surface area contributed by atoms with E-state index in [1.807, 2.05) is 6.07 Å². The van der Waals surface area contributed by atoms with Crippen molar-refractivity contribution in [3.8, 4) is 0 Å². The van der Waals surface area contributed by atoms with E-state index in [2.05, 4.69) is 11.7 Å². The molecule has 0 spiro atoms. The highest BCUT2D eigenvalue weighted by atomic mass is 16.5. The van der Waals surface area contributed by atoms with Gasteiger partial charge in [-0.2, -0.15) is 0 Å². The van der Waals surface area contributed by atoms with Crippen LogP contribution in [0.3, 0.4) is 0 Å². The van der Waals surface area contributed by atoms with Gasteiger partial charge in [-0.3, -0.25) is 0 Å². The van der Waals surface area contributed by atoms with E-state index in [4.69, 9.17) is 14.9 Å². The van der Waals surface area contributed by atoms with Crippen molar-refractivity contribution in [2.75, 3.05) is 13.2 Å². The minimum atomic E-state index is -1.50. The molecule has 0 heterocycles. The summed E-state index contributed by atoms with van der Waals surface area (Å²) in [5, 5.41) is 17.3. The number of carbonyl (C=O) groups is 3. The summed E-state index contributed by atoms with van der Waals surface area (Å²) in [4.78, 5) is 32.6. The van der Waals surface area contributed by atoms with Crippen molar-refractivity contribution in [3.05, 3.63) is 78.7 Å². The number of ether oxygens (including phenoxy) is 2. The van der Waals surface area contributed by atoms with Crippen molar-refractivity contribution in [3.63, 3.8) is 0 Å². The SMILES string of the molecule is O=C(OCCC(O)C(=O)O)c1ccccc1.[CH2]COC(=O)c1ccccc1. The molecule has 27 heavy (non-hydrogen) atoms. The van der Waals surface area contributed by atoms with Crippen LogP contribution >= 0.6 is 0 Å². The van der Waals surface area contributed by atoms with E-state index in [1.165, 1.54) is 0 Å². The van der Waals surface area contributed by atoms with Crippen LogP contribution in [0.5, 0.6) is 0 Å². The summed E-state index contributed by atoms with van der Waals surface area (Å²) < 4.78 is 9.46. The molecular formula is C20H21O7. The molecule has 0 aliphatic rings. The van der Waals surface area contributed by atoms with Gasteiger partial charge in [0.2, 0.25) is 0 Å². The van der Waals surface area contributed by atoms with Crippen molar-refractivity contribution in [1.82, 2.24) is 0 Å². The third-order valence-corrected chi connectivity index (χ3v) is 3.16. The number of carboxylic acids is 1. The minimum Gasteiger partial charge on any atom is -0.479 e. The smallest absolute Gasteiger partial charge is 0.338 e. The lowest BCUT2D eigenvalue weighted by Gasteiger charge is -2.06. The Kier molecular flexibility index (Phi) is 9.88. The second-order valence-electron chi connectivity index (χ2n) is 5.15. The summed E-state index contributed by atoms with van der Waals surface area (Å²) in [6.07, 6.45) is -1.61. The Hall–Kier alpha value is -3.19. The molecule has 143 valence electrons. The van der Waals surface area contributed by atoms with Gasteiger partial charge < -0.3 is 19.7 Å². The number of aliphatic carboxylic acids is 1. The molecule has 0 aliphatic carbocycles. The molecule has 1 radical (unpaired) electrons. The van der Waals surface area contributed by atoms with E-state index in [-0.39, 0.29) is 25.6 Å². The molecule has 1 atom stereocenters. The molecule has 0 saturated carbocycles. The van der Waals surface area contributed by atoms with Gasteiger partial charge in [0.05, 0.1) is 24.3 Å². The normalized spacial score (nSPS) is 10.7. The fourth-order valence-corrected chi connectivity index (χ4v) is 1.79. The molecule has 0 saturated heterocycles. The highest BCUT2D eigenvalue weighted by Gasteiger charge is 2.14. The van der Waals surface area contributed by atoms with Gasteiger partial charge in [0.1, 0.15) is 0 Å². The van der Waals surface area contributed by atoms with E-state index in [9.17, 15) is 14.4 Å². The van der Waals surface area contributed by atoms with Crippen LogP contribution in [-0.4, -0.2) is 47.4 Å². The zero-order valence-electron chi connectivity index (χ0n) is 14.6. The first kappa shape index (κ1) is 21.9. The first-order valence-corrected chi connectivity index (χ1v) is 8.10. The molecule has 0 bridgehead atoms. The summed E-state index contributed by atoms with van der Waals surface area (Å²) in [6.45, 7) is 3.46. The Morgan fingerprint density at radius 2 is 1.30 bits per heavy atom. The number of carbonyl (C=O) groups excluding carboxylic acids is 2. The predicted octanol–water partition coefficient (Wildman–Crippen LogP) is 2.36. The topological polar surface area (TPSA) is 110 Å². The van der Waals surface area contributed by atoms with Gasteiger partial charge in [-0.15, -0.1) is 0 Å². The van der Waals surface area contributed by atoms with Crippen LogP contribution in [0.25, 0.3) is 0 Å². The average Bonchev–Trinajstić information content (AvgIpc) is 2.69. The average molecular weight is 373 g/mol. The Bertz CT molecular complexity index is 714. The lowest BCUT2D eigenvalue weighted by atomic mass is 10.2. The first-order chi connectivity index (χ1) is 13.0. The fraction of sp³-hybridized carbons (Fsp3) is 0.200. The number of rotatable bonds is 7. The van der Waals surface area contributed by atoms with E-state index < -0.39 is 18.0 Å². The molecule has 2 aromatic carbocycles. The summed E-state index contributed by atoms with van der Waals surface area (Å²) in [7, 11) is 0. The number of benzene rings is 2. The molecule has 2 N–H and O–H groups in total. The molecule has 2 aromatic rings. The number of aliphatic hydroxyl groups excluding tert-OH is 1. The second-order valence-corrected chi connectivity index (χ2v) is 5.15. The highest BCUT2D eigenvalue weighted by molar-refractivity contribution is 5.89. The molecule has 0 fully saturated rings. The maximum Gasteiger partial charge on any atom is 0.338 e. The van der Waals surface area contributed by atoms with E-state index in [1.54, 1.807) is 54.6 Å². The summed E-state index contributed by atoms with van der Waals surface area (Å²) >= 11 is 0. The van der Waals surface area contributed by atoms with Gasteiger partial charge in [-0.05, 0) is 31.2 Å². The van der Waals surface area contributed by atoms with Crippen LogP contribution in [0.1, 0.15) is 27.1 Å². The monoisotopic (exact) mass is 373 g/mol. The highest BCUT2D eigenvalue weighted by Crippen LogP contribution is 2.02.